The van der Waals surface area contributed by atoms with Gasteiger partial charge in [-0.3, -0.25) is 4.90 Å². The molecule has 0 N–H and O–H groups in total. The fourth-order valence-electron chi connectivity index (χ4n) is 3.22. The molecule has 1 aromatic rings. The Labute approximate surface area is 138 Å². The summed E-state index contributed by atoms with van der Waals surface area (Å²) >= 11 is 0. The van der Waals surface area contributed by atoms with Gasteiger partial charge in [0.15, 0.2) is 0 Å². The summed E-state index contributed by atoms with van der Waals surface area (Å²) in [5.41, 5.74) is 1.11. The monoisotopic (exact) mass is 313 g/mol. The number of nitrogens with zero attached hydrogens (tertiary/aromatic N) is 3. The van der Waals surface area contributed by atoms with Gasteiger partial charge in [0.1, 0.15) is 11.5 Å². The maximum atomic E-state index is 9.32. The van der Waals surface area contributed by atoms with Gasteiger partial charge in [0.05, 0.1) is 32.3 Å². The summed E-state index contributed by atoms with van der Waals surface area (Å²) in [6, 6.07) is 10.6. The maximum Gasteiger partial charge on any atom is 0.123 e. The standard InChI is InChI=1S/C18H23N3O2/c1-22-15-7-8-18(23-2)16(11-15)17-6-4-10-21(17)13-14(12-20)5-3-9-19/h7-8,11,14,17H,3-6,10,13H2,1-2H3/t14-,17-/m0/s1. The van der Waals surface area contributed by atoms with Gasteiger partial charge >= 0.3 is 0 Å². The lowest BCUT2D eigenvalue weighted by Crippen LogP contribution is -2.29. The van der Waals surface area contributed by atoms with Crippen LogP contribution in [0.25, 0.3) is 0 Å². The van der Waals surface area contributed by atoms with Crippen molar-refractivity contribution in [2.45, 2.75) is 31.7 Å². The SMILES string of the molecule is COc1ccc(OC)c([C@@H]2CCCN2C[C@H](C#N)CCC#N)c1. The predicted molar refractivity (Wildman–Crippen MR) is 87.0 cm³/mol. The minimum atomic E-state index is -0.105. The number of likely N-dealkylation sites (tertiary alicyclic amines) is 1. The minimum absolute atomic E-state index is 0.105. The summed E-state index contributed by atoms with van der Waals surface area (Å²) in [6.45, 7) is 1.67. The van der Waals surface area contributed by atoms with Crippen molar-refractivity contribution in [2.24, 2.45) is 5.92 Å². The second kappa shape index (κ2) is 8.41. The average molecular weight is 313 g/mol. The van der Waals surface area contributed by atoms with E-state index < -0.39 is 0 Å². The van der Waals surface area contributed by atoms with Crippen molar-refractivity contribution in [2.75, 3.05) is 27.3 Å². The van der Waals surface area contributed by atoms with Crippen LogP contribution in [0.3, 0.4) is 0 Å². The number of methoxy groups -OCH3 is 2. The molecule has 0 aromatic heterocycles. The van der Waals surface area contributed by atoms with Crippen molar-refractivity contribution in [1.29, 1.82) is 10.5 Å². The second-order valence-electron chi connectivity index (χ2n) is 5.78. The molecule has 5 nitrogen and oxygen atoms in total. The maximum absolute atomic E-state index is 9.32. The lowest BCUT2D eigenvalue weighted by molar-refractivity contribution is 0.226. The molecule has 23 heavy (non-hydrogen) atoms. The number of hydrogen-bond acceptors (Lipinski definition) is 5. The van der Waals surface area contributed by atoms with Crippen molar-refractivity contribution in [3.8, 4) is 23.6 Å². The van der Waals surface area contributed by atoms with E-state index in [-0.39, 0.29) is 12.0 Å². The zero-order valence-electron chi connectivity index (χ0n) is 13.8. The second-order valence-corrected chi connectivity index (χ2v) is 5.78. The minimum Gasteiger partial charge on any atom is -0.497 e. The Morgan fingerprint density at radius 3 is 2.78 bits per heavy atom. The van der Waals surface area contributed by atoms with Crippen LogP contribution in [0, 0.1) is 28.6 Å². The first-order valence-corrected chi connectivity index (χ1v) is 7.96. The normalized spacial score (nSPS) is 18.9. The smallest absolute Gasteiger partial charge is 0.123 e. The molecular weight excluding hydrogens is 290 g/mol. The summed E-state index contributed by atoms with van der Waals surface area (Å²) in [5.74, 6) is 1.56. The van der Waals surface area contributed by atoms with Crippen molar-refractivity contribution < 1.29 is 9.47 Å². The van der Waals surface area contributed by atoms with E-state index in [1.165, 1.54) is 0 Å². The molecular formula is C18H23N3O2. The highest BCUT2D eigenvalue weighted by atomic mass is 16.5. The highest BCUT2D eigenvalue weighted by Crippen LogP contribution is 2.39. The summed E-state index contributed by atoms with van der Waals surface area (Å²) in [4.78, 5) is 2.34. The van der Waals surface area contributed by atoms with Crippen molar-refractivity contribution >= 4 is 0 Å². The number of hydrogen-bond donors (Lipinski definition) is 0. The molecule has 0 radical (unpaired) electrons. The molecule has 5 heteroatoms. The lowest BCUT2D eigenvalue weighted by atomic mass is 10.0. The summed E-state index contributed by atoms with van der Waals surface area (Å²) in [5, 5.41) is 18.0. The predicted octanol–water partition coefficient (Wildman–Crippen LogP) is 3.28. The molecule has 0 bridgehead atoms. The third-order valence-electron chi connectivity index (χ3n) is 4.40. The molecule has 1 aliphatic heterocycles. The highest BCUT2D eigenvalue weighted by molar-refractivity contribution is 5.42. The first-order valence-electron chi connectivity index (χ1n) is 7.96. The van der Waals surface area contributed by atoms with Crippen LogP contribution in [0.2, 0.25) is 0 Å². The number of benzene rings is 1. The Morgan fingerprint density at radius 1 is 1.30 bits per heavy atom. The summed E-state index contributed by atoms with van der Waals surface area (Å²) < 4.78 is 10.9. The molecule has 0 amide bonds. The molecule has 2 rings (SSSR count). The van der Waals surface area contributed by atoms with Gasteiger partial charge in [0.2, 0.25) is 0 Å². The number of rotatable bonds is 7. The quantitative estimate of drug-likeness (QED) is 0.772. The van der Waals surface area contributed by atoms with Crippen LogP contribution in [-0.2, 0) is 0 Å². The van der Waals surface area contributed by atoms with Crippen LogP contribution in [0.1, 0.15) is 37.3 Å². The van der Waals surface area contributed by atoms with Gasteiger partial charge < -0.3 is 9.47 Å². The van der Waals surface area contributed by atoms with Crippen LogP contribution in [0.4, 0.5) is 0 Å². The Balaban J connectivity index is 2.18. The topological polar surface area (TPSA) is 69.3 Å². The van der Waals surface area contributed by atoms with E-state index in [4.69, 9.17) is 14.7 Å². The molecule has 1 aromatic carbocycles. The summed E-state index contributed by atoms with van der Waals surface area (Å²) in [6.07, 6.45) is 3.20. The zero-order valence-corrected chi connectivity index (χ0v) is 13.8. The van der Waals surface area contributed by atoms with Gasteiger partial charge in [0, 0.05) is 24.6 Å². The number of ether oxygens (including phenoxy) is 2. The van der Waals surface area contributed by atoms with E-state index in [2.05, 4.69) is 17.0 Å². The zero-order chi connectivity index (χ0) is 16.7. The van der Waals surface area contributed by atoms with Gasteiger partial charge in [-0.1, -0.05) is 0 Å². The molecule has 122 valence electrons. The largest absolute Gasteiger partial charge is 0.497 e. The van der Waals surface area contributed by atoms with Gasteiger partial charge in [-0.25, -0.2) is 0 Å². The Morgan fingerprint density at radius 2 is 2.13 bits per heavy atom. The van der Waals surface area contributed by atoms with E-state index in [0.717, 1.165) is 36.4 Å². The van der Waals surface area contributed by atoms with E-state index in [1.54, 1.807) is 14.2 Å². The van der Waals surface area contributed by atoms with Crippen LogP contribution in [-0.4, -0.2) is 32.2 Å². The fraction of sp³-hybridized carbons (Fsp3) is 0.556. The van der Waals surface area contributed by atoms with E-state index >= 15 is 0 Å². The Bertz CT molecular complexity index is 603. The first-order chi connectivity index (χ1) is 11.2. The van der Waals surface area contributed by atoms with E-state index in [9.17, 15) is 5.26 Å². The summed E-state index contributed by atoms with van der Waals surface area (Å²) in [7, 11) is 3.33. The Kier molecular flexibility index (Phi) is 6.26. The first kappa shape index (κ1) is 17.1. The van der Waals surface area contributed by atoms with E-state index in [1.807, 2.05) is 18.2 Å². The van der Waals surface area contributed by atoms with Crippen molar-refractivity contribution in [3.05, 3.63) is 23.8 Å². The molecule has 0 aliphatic carbocycles. The molecule has 0 spiro atoms. The van der Waals surface area contributed by atoms with Crippen LogP contribution < -0.4 is 9.47 Å². The molecule has 1 heterocycles. The van der Waals surface area contributed by atoms with Crippen LogP contribution >= 0.6 is 0 Å². The number of nitriles is 2. The fourth-order valence-corrected chi connectivity index (χ4v) is 3.22. The van der Waals surface area contributed by atoms with Gasteiger partial charge in [-0.05, 0) is 44.0 Å². The van der Waals surface area contributed by atoms with Crippen molar-refractivity contribution in [3.63, 3.8) is 0 Å². The molecule has 2 atom stereocenters. The van der Waals surface area contributed by atoms with Gasteiger partial charge in [-0.2, -0.15) is 10.5 Å². The molecule has 1 aliphatic rings. The third-order valence-corrected chi connectivity index (χ3v) is 4.40. The average Bonchev–Trinajstić information content (AvgIpc) is 3.05. The van der Waals surface area contributed by atoms with Crippen molar-refractivity contribution in [1.82, 2.24) is 4.90 Å². The lowest BCUT2D eigenvalue weighted by Gasteiger charge is -2.28. The van der Waals surface area contributed by atoms with Gasteiger partial charge in [-0.15, -0.1) is 0 Å². The highest BCUT2D eigenvalue weighted by Gasteiger charge is 2.30. The molecule has 1 saturated heterocycles. The van der Waals surface area contributed by atoms with Crippen LogP contribution in [0.15, 0.2) is 18.2 Å². The molecule has 0 saturated carbocycles. The van der Waals surface area contributed by atoms with Gasteiger partial charge in [0.25, 0.3) is 0 Å². The van der Waals surface area contributed by atoms with E-state index in [0.29, 0.717) is 19.4 Å². The Hall–Kier alpha value is -2.24. The molecule has 0 unspecified atom stereocenters. The third kappa shape index (κ3) is 4.15. The van der Waals surface area contributed by atoms with Crippen LogP contribution in [0.5, 0.6) is 11.5 Å². The molecule has 1 fully saturated rings.